The van der Waals surface area contributed by atoms with Crippen molar-refractivity contribution < 1.29 is 49.0 Å². The zero-order valence-electron chi connectivity index (χ0n) is 26.1. The van der Waals surface area contributed by atoms with Gasteiger partial charge in [0.25, 0.3) is 0 Å². The van der Waals surface area contributed by atoms with E-state index in [1.165, 1.54) is 88.0 Å². The van der Waals surface area contributed by atoms with E-state index in [1.807, 2.05) is 0 Å². The van der Waals surface area contributed by atoms with Crippen LogP contribution in [0.2, 0.25) is 0 Å². The topological polar surface area (TPSA) is 0 Å². The molecule has 3 heteroatoms. The largest absolute Gasteiger partial charge is 1.00 e. The van der Waals surface area contributed by atoms with Gasteiger partial charge in [0, 0.05) is 0 Å². The van der Waals surface area contributed by atoms with Crippen LogP contribution in [0.1, 0.15) is 136 Å². The standard InChI is InChI=1S/C29H41.C5H7.CH2.2ClH.Zr/c1-26(2,3)22-14-18-13-19-15-23(27(4,5)6)25(29(10,11)12)17-21(19)20(18)16-24(22)28(7,8)9;1-2-4-5-3-1;;;;/h14,16-17H,13H2,1-12H3;1H,2,4-5H2;1H2;2*1H;/q2*-1;;;;+2/p-2. The summed E-state index contributed by atoms with van der Waals surface area (Å²) in [5, 5.41) is 0. The van der Waals surface area contributed by atoms with Gasteiger partial charge >= 0.3 is 28.4 Å². The van der Waals surface area contributed by atoms with Crippen LogP contribution in [0.4, 0.5) is 0 Å². The quantitative estimate of drug-likeness (QED) is 0.332. The molecule has 0 atom stereocenters. The molecule has 38 heavy (non-hydrogen) atoms. The molecule has 210 valence electrons. The molecule has 0 spiro atoms. The molecule has 0 saturated carbocycles. The van der Waals surface area contributed by atoms with E-state index < -0.39 is 0 Å². The average molecular weight is 633 g/mol. The van der Waals surface area contributed by atoms with Crippen LogP contribution in [-0.4, -0.2) is 4.21 Å². The second-order valence-electron chi connectivity index (χ2n) is 14.5. The molecule has 0 fully saturated rings. The summed E-state index contributed by atoms with van der Waals surface area (Å²) in [6.07, 6.45) is 10.0. The van der Waals surface area contributed by atoms with E-state index in [2.05, 4.69) is 124 Å². The van der Waals surface area contributed by atoms with Crippen molar-refractivity contribution >= 4 is 4.21 Å². The van der Waals surface area contributed by atoms with Crippen molar-refractivity contribution in [2.45, 2.75) is 130 Å². The third-order valence-corrected chi connectivity index (χ3v) is 7.05. The molecule has 4 rings (SSSR count). The SMILES string of the molecule is CC(C)(C)c1[c-]c2c(cc1C(C)(C)C)-c1cc(C(C)(C)C)c(C(C)(C)C)cc1C2.[C-]1=CCCC1.[CH2]=[Zr+2].[Cl-].[Cl-]. The molecule has 2 aliphatic rings. The summed E-state index contributed by atoms with van der Waals surface area (Å²) >= 11 is 1.30. The first kappa shape index (κ1) is 37.5. The van der Waals surface area contributed by atoms with Gasteiger partial charge in [-0.25, -0.2) is 0 Å². The van der Waals surface area contributed by atoms with E-state index in [0.29, 0.717) is 0 Å². The van der Waals surface area contributed by atoms with E-state index in [4.69, 9.17) is 0 Å². The Morgan fingerprint density at radius 3 is 1.50 bits per heavy atom. The summed E-state index contributed by atoms with van der Waals surface area (Å²) in [7, 11) is 0. The maximum absolute atomic E-state index is 3.90. The average Bonchev–Trinajstić information content (AvgIpc) is 3.42. The number of hydrogen-bond acceptors (Lipinski definition) is 0. The minimum absolute atomic E-state index is 0. The summed E-state index contributed by atoms with van der Waals surface area (Å²) in [5.41, 5.74) is 11.9. The van der Waals surface area contributed by atoms with Crippen molar-refractivity contribution in [3.05, 3.63) is 69.8 Å². The molecule has 2 aliphatic carbocycles. The summed E-state index contributed by atoms with van der Waals surface area (Å²) in [4.78, 5) is 0. The van der Waals surface area contributed by atoms with Crippen LogP contribution in [0, 0.1) is 12.1 Å². The van der Waals surface area contributed by atoms with Gasteiger partial charge in [-0.1, -0.05) is 119 Å². The van der Waals surface area contributed by atoms with E-state index >= 15 is 0 Å². The molecular weight excluding hydrogens is 583 g/mol. The second-order valence-corrected chi connectivity index (χ2v) is 14.5. The second kappa shape index (κ2) is 13.9. The fraction of sp³-hybridized carbons (Fsp3) is 0.571. The minimum atomic E-state index is 0. The fourth-order valence-corrected chi connectivity index (χ4v) is 5.14. The van der Waals surface area contributed by atoms with Gasteiger partial charge in [-0.3, -0.25) is 6.08 Å². The zero-order chi connectivity index (χ0) is 27.7. The molecule has 0 aliphatic heterocycles. The summed E-state index contributed by atoms with van der Waals surface area (Å²) in [6.45, 7) is 28.0. The van der Waals surface area contributed by atoms with Crippen LogP contribution in [0.3, 0.4) is 0 Å². The van der Waals surface area contributed by atoms with E-state index in [1.54, 1.807) is 0 Å². The first-order chi connectivity index (χ1) is 16.4. The number of allylic oxidation sites excluding steroid dienone is 2. The van der Waals surface area contributed by atoms with Crippen LogP contribution in [-0.2, 0) is 52.3 Å². The predicted octanol–water partition coefficient (Wildman–Crippen LogP) is 3.75. The van der Waals surface area contributed by atoms with Crippen LogP contribution in [0.15, 0.2) is 24.3 Å². The van der Waals surface area contributed by atoms with E-state index in [0.717, 1.165) is 6.42 Å². The van der Waals surface area contributed by atoms with Crippen molar-refractivity contribution in [1.29, 1.82) is 0 Å². The number of fused-ring (bicyclic) bond motifs is 3. The van der Waals surface area contributed by atoms with Crippen molar-refractivity contribution in [3.8, 4) is 11.1 Å². The van der Waals surface area contributed by atoms with Crippen LogP contribution in [0.25, 0.3) is 11.1 Å². The molecule has 0 heterocycles. The van der Waals surface area contributed by atoms with Gasteiger partial charge in [0.15, 0.2) is 0 Å². The molecule has 0 amide bonds. The van der Waals surface area contributed by atoms with Crippen molar-refractivity contribution in [3.63, 3.8) is 0 Å². The summed E-state index contributed by atoms with van der Waals surface area (Å²) in [5.74, 6) is 0. The van der Waals surface area contributed by atoms with E-state index in [9.17, 15) is 0 Å². The van der Waals surface area contributed by atoms with Gasteiger partial charge in [0.2, 0.25) is 0 Å². The van der Waals surface area contributed by atoms with Crippen LogP contribution >= 0.6 is 0 Å². The number of hydrogen-bond donors (Lipinski definition) is 0. The summed E-state index contributed by atoms with van der Waals surface area (Å²) < 4.78 is 3.34. The van der Waals surface area contributed by atoms with Gasteiger partial charge in [-0.15, -0.1) is 16.7 Å². The van der Waals surface area contributed by atoms with Crippen LogP contribution < -0.4 is 24.8 Å². The third kappa shape index (κ3) is 9.01. The molecule has 2 aromatic carbocycles. The molecule has 0 bridgehead atoms. The molecule has 0 aromatic heterocycles. The molecule has 0 N–H and O–H groups in total. The Kier molecular flexibility index (Phi) is 13.7. The maximum atomic E-state index is 3.90. The third-order valence-electron chi connectivity index (χ3n) is 7.05. The molecule has 2 aromatic rings. The Morgan fingerprint density at radius 2 is 1.13 bits per heavy atom. The first-order valence-electron chi connectivity index (χ1n) is 13.6. The monoisotopic (exact) mass is 630 g/mol. The molecule has 0 saturated heterocycles. The molecule has 0 unspecified atom stereocenters. The van der Waals surface area contributed by atoms with Crippen molar-refractivity contribution in [2.75, 3.05) is 0 Å². The summed E-state index contributed by atoms with van der Waals surface area (Å²) in [6, 6.07) is 11.4. The fourth-order valence-electron chi connectivity index (χ4n) is 5.14. The molecular formula is C35H50Cl2Zr-2. The molecule has 0 nitrogen and oxygen atoms in total. The Morgan fingerprint density at radius 1 is 0.658 bits per heavy atom. The smallest absolute Gasteiger partial charge is 1.00 e. The zero-order valence-corrected chi connectivity index (χ0v) is 30.1. The predicted molar refractivity (Wildman–Crippen MR) is 157 cm³/mol. The molecule has 0 radical (unpaired) electrons. The van der Waals surface area contributed by atoms with Gasteiger partial charge in [0.1, 0.15) is 0 Å². The Balaban J connectivity index is 0.00000134. The van der Waals surface area contributed by atoms with Gasteiger partial charge < -0.3 is 30.9 Å². The van der Waals surface area contributed by atoms with E-state index in [-0.39, 0.29) is 46.5 Å². The van der Waals surface area contributed by atoms with Crippen molar-refractivity contribution in [1.82, 2.24) is 0 Å². The minimum Gasteiger partial charge on any atom is -1.00 e. The number of benzene rings is 2. The normalized spacial score (nSPS) is 14.2. The number of rotatable bonds is 0. The Bertz CT molecular complexity index is 1010. The van der Waals surface area contributed by atoms with Crippen LogP contribution in [0.5, 0.6) is 0 Å². The maximum Gasteiger partial charge on any atom is -1.00 e. The Hall–Kier alpha value is -0.487. The van der Waals surface area contributed by atoms with Gasteiger partial charge in [-0.05, 0) is 39.4 Å². The van der Waals surface area contributed by atoms with Gasteiger partial charge in [0.05, 0.1) is 0 Å². The van der Waals surface area contributed by atoms with Gasteiger partial charge in [-0.2, -0.15) is 24.1 Å². The first-order valence-corrected chi connectivity index (χ1v) is 15.3. The number of halogens is 2. The Labute approximate surface area is 263 Å². The van der Waals surface area contributed by atoms with Crippen molar-refractivity contribution in [2.24, 2.45) is 0 Å².